The molecule has 1 aromatic carbocycles. The largest absolute Gasteiger partial charge is 0.338 e. The zero-order valence-electron chi connectivity index (χ0n) is 10.3. The van der Waals surface area contributed by atoms with Crippen molar-refractivity contribution in [2.75, 3.05) is 5.32 Å². The number of nitrogens with one attached hydrogen (secondary N) is 1. The second kappa shape index (κ2) is 4.84. The first-order valence-corrected chi connectivity index (χ1v) is 6.28. The summed E-state index contributed by atoms with van der Waals surface area (Å²) < 4.78 is 18.0. The van der Waals surface area contributed by atoms with Crippen LogP contribution in [0.3, 0.4) is 0 Å². The molecule has 5 heteroatoms. The Morgan fingerprint density at radius 2 is 1.95 bits per heavy atom. The molecule has 1 amide bonds. The molecule has 1 heterocycles. The van der Waals surface area contributed by atoms with E-state index < -0.39 is 0 Å². The van der Waals surface area contributed by atoms with E-state index in [-0.39, 0.29) is 11.7 Å². The number of hydrogen-bond donors (Lipinski definition) is 1. The van der Waals surface area contributed by atoms with Crippen molar-refractivity contribution in [1.82, 2.24) is 5.16 Å². The molecule has 2 aromatic rings. The first-order chi connectivity index (χ1) is 9.24. The Kier molecular flexibility index (Phi) is 3.03. The van der Waals surface area contributed by atoms with Gasteiger partial charge in [-0.3, -0.25) is 10.1 Å². The molecule has 0 saturated heterocycles. The van der Waals surface area contributed by atoms with Gasteiger partial charge in [-0.05, 0) is 49.9 Å². The molecule has 0 aliphatic heterocycles. The van der Waals surface area contributed by atoms with Gasteiger partial charge in [0, 0.05) is 11.1 Å². The molecule has 0 saturated carbocycles. The lowest BCUT2D eigenvalue weighted by molar-refractivity contribution is 0.102. The smallest absolute Gasteiger partial charge is 0.258 e. The van der Waals surface area contributed by atoms with Crippen molar-refractivity contribution in [2.24, 2.45) is 0 Å². The van der Waals surface area contributed by atoms with Crippen LogP contribution in [0.1, 0.15) is 34.5 Å². The molecule has 1 aromatic heterocycles. The molecule has 0 atom stereocenters. The van der Waals surface area contributed by atoms with Crippen molar-refractivity contribution >= 4 is 11.8 Å². The molecule has 0 fully saturated rings. The lowest BCUT2D eigenvalue weighted by Crippen LogP contribution is -2.13. The van der Waals surface area contributed by atoms with E-state index in [0.29, 0.717) is 11.4 Å². The average molecular weight is 260 g/mol. The van der Waals surface area contributed by atoms with Crippen molar-refractivity contribution in [3.8, 4) is 0 Å². The molecular formula is C14H13FN2O2. The summed E-state index contributed by atoms with van der Waals surface area (Å²) in [4.78, 5) is 12.0. The third-order valence-corrected chi connectivity index (χ3v) is 3.29. The summed E-state index contributed by atoms with van der Waals surface area (Å²) in [5, 5.41) is 6.66. The van der Waals surface area contributed by atoms with Crippen molar-refractivity contribution in [1.29, 1.82) is 0 Å². The van der Waals surface area contributed by atoms with E-state index in [1.807, 2.05) is 0 Å². The first-order valence-electron chi connectivity index (χ1n) is 6.28. The quantitative estimate of drug-likeness (QED) is 0.903. The monoisotopic (exact) mass is 260 g/mol. The summed E-state index contributed by atoms with van der Waals surface area (Å²) in [6.45, 7) is 0. The zero-order valence-corrected chi connectivity index (χ0v) is 10.3. The normalized spacial score (nSPS) is 13.9. The standard InChI is InChI=1S/C14H13FN2O2/c15-10-7-5-9(6-8-10)13(18)16-14-11-3-1-2-4-12(11)17-19-14/h5-8H,1-4H2,(H,16,18). The topological polar surface area (TPSA) is 55.1 Å². The maximum atomic E-state index is 12.8. The van der Waals surface area contributed by atoms with E-state index in [1.54, 1.807) is 0 Å². The number of rotatable bonds is 2. The first kappa shape index (κ1) is 11.9. The van der Waals surface area contributed by atoms with Gasteiger partial charge in [-0.2, -0.15) is 0 Å². The van der Waals surface area contributed by atoms with Gasteiger partial charge >= 0.3 is 0 Å². The van der Waals surface area contributed by atoms with Crippen LogP contribution in [0.2, 0.25) is 0 Å². The number of benzene rings is 1. The van der Waals surface area contributed by atoms with Gasteiger partial charge in [0.2, 0.25) is 5.88 Å². The van der Waals surface area contributed by atoms with Crippen LogP contribution in [0, 0.1) is 5.82 Å². The van der Waals surface area contributed by atoms with E-state index in [4.69, 9.17) is 4.52 Å². The Balaban J connectivity index is 1.79. The third-order valence-electron chi connectivity index (χ3n) is 3.29. The SMILES string of the molecule is O=C(Nc1onc2c1CCCC2)c1ccc(F)cc1. The average Bonchev–Trinajstić information content (AvgIpc) is 2.83. The number of amides is 1. The summed E-state index contributed by atoms with van der Waals surface area (Å²) >= 11 is 0. The highest BCUT2D eigenvalue weighted by atomic mass is 19.1. The van der Waals surface area contributed by atoms with Gasteiger partial charge in [-0.25, -0.2) is 4.39 Å². The summed E-state index contributed by atoms with van der Waals surface area (Å²) in [5.41, 5.74) is 2.31. The molecular weight excluding hydrogens is 247 g/mol. The molecule has 98 valence electrons. The van der Waals surface area contributed by atoms with Crippen molar-refractivity contribution in [3.63, 3.8) is 0 Å². The van der Waals surface area contributed by atoms with E-state index in [0.717, 1.165) is 36.9 Å². The van der Waals surface area contributed by atoms with E-state index >= 15 is 0 Å². The highest BCUT2D eigenvalue weighted by molar-refractivity contribution is 6.03. The molecule has 1 N–H and O–H groups in total. The van der Waals surface area contributed by atoms with E-state index in [9.17, 15) is 9.18 Å². The van der Waals surface area contributed by atoms with Gasteiger partial charge < -0.3 is 4.52 Å². The minimum atomic E-state index is -0.367. The van der Waals surface area contributed by atoms with Crippen molar-refractivity contribution in [2.45, 2.75) is 25.7 Å². The molecule has 0 bridgehead atoms. The fourth-order valence-corrected chi connectivity index (χ4v) is 2.27. The number of nitrogens with zero attached hydrogens (tertiary/aromatic N) is 1. The maximum absolute atomic E-state index is 12.8. The summed E-state index contributed by atoms with van der Waals surface area (Å²) in [6.07, 6.45) is 3.95. The highest BCUT2D eigenvalue weighted by Gasteiger charge is 2.21. The van der Waals surface area contributed by atoms with Crippen LogP contribution in [-0.4, -0.2) is 11.1 Å². The molecule has 0 radical (unpaired) electrons. The Morgan fingerprint density at radius 3 is 2.74 bits per heavy atom. The van der Waals surface area contributed by atoms with Crippen molar-refractivity contribution < 1.29 is 13.7 Å². The minimum absolute atomic E-state index is 0.315. The Hall–Kier alpha value is -2.17. The van der Waals surface area contributed by atoms with Crippen LogP contribution in [-0.2, 0) is 12.8 Å². The fourth-order valence-electron chi connectivity index (χ4n) is 2.27. The number of anilines is 1. The van der Waals surface area contributed by atoms with Crippen LogP contribution in [0.5, 0.6) is 0 Å². The lowest BCUT2D eigenvalue weighted by atomic mass is 9.97. The molecule has 1 aliphatic rings. The molecule has 4 nitrogen and oxygen atoms in total. The van der Waals surface area contributed by atoms with Crippen molar-refractivity contribution in [3.05, 3.63) is 46.9 Å². The fraction of sp³-hybridized carbons (Fsp3) is 0.286. The highest BCUT2D eigenvalue weighted by Crippen LogP contribution is 2.27. The maximum Gasteiger partial charge on any atom is 0.258 e. The Morgan fingerprint density at radius 1 is 1.21 bits per heavy atom. The predicted molar refractivity (Wildman–Crippen MR) is 67.5 cm³/mol. The predicted octanol–water partition coefficient (Wildman–Crippen LogP) is 2.94. The van der Waals surface area contributed by atoms with E-state index in [1.165, 1.54) is 24.3 Å². The van der Waals surface area contributed by atoms with Crippen LogP contribution in [0.25, 0.3) is 0 Å². The lowest BCUT2D eigenvalue weighted by Gasteiger charge is -2.09. The second-order valence-electron chi connectivity index (χ2n) is 4.61. The number of carbonyl (C=O) groups excluding carboxylic acids is 1. The zero-order chi connectivity index (χ0) is 13.2. The molecule has 0 unspecified atom stereocenters. The van der Waals surface area contributed by atoms with Gasteiger partial charge in [-0.15, -0.1) is 0 Å². The Labute approximate surface area is 109 Å². The van der Waals surface area contributed by atoms with Gasteiger partial charge in [0.05, 0.1) is 5.69 Å². The number of aromatic nitrogens is 1. The third kappa shape index (κ3) is 2.36. The van der Waals surface area contributed by atoms with Gasteiger partial charge in [0.15, 0.2) is 0 Å². The summed E-state index contributed by atoms with van der Waals surface area (Å²) in [6, 6.07) is 5.39. The molecule has 0 spiro atoms. The summed E-state index contributed by atoms with van der Waals surface area (Å²) in [5.74, 6) is -0.262. The van der Waals surface area contributed by atoms with Gasteiger partial charge in [0.25, 0.3) is 5.91 Å². The van der Waals surface area contributed by atoms with Crippen LogP contribution in [0.4, 0.5) is 10.3 Å². The van der Waals surface area contributed by atoms with Crippen LogP contribution >= 0.6 is 0 Å². The Bertz CT molecular complexity index is 604. The number of aryl methyl sites for hydroxylation is 1. The van der Waals surface area contributed by atoms with Crippen LogP contribution < -0.4 is 5.32 Å². The number of hydrogen-bond acceptors (Lipinski definition) is 3. The number of halogens is 1. The van der Waals surface area contributed by atoms with Gasteiger partial charge in [-0.1, -0.05) is 5.16 Å². The molecule has 19 heavy (non-hydrogen) atoms. The van der Waals surface area contributed by atoms with E-state index in [2.05, 4.69) is 10.5 Å². The number of carbonyl (C=O) groups is 1. The second-order valence-corrected chi connectivity index (χ2v) is 4.61. The molecule has 1 aliphatic carbocycles. The van der Waals surface area contributed by atoms with Crippen LogP contribution in [0.15, 0.2) is 28.8 Å². The minimum Gasteiger partial charge on any atom is -0.338 e. The molecule has 3 rings (SSSR count). The summed E-state index contributed by atoms with van der Waals surface area (Å²) in [7, 11) is 0. The van der Waals surface area contributed by atoms with Gasteiger partial charge in [0.1, 0.15) is 5.82 Å². The number of fused-ring (bicyclic) bond motifs is 1.